The van der Waals surface area contributed by atoms with Gasteiger partial charge in [-0.15, -0.1) is 11.3 Å². The van der Waals surface area contributed by atoms with E-state index in [1.807, 2.05) is 23.1 Å². The van der Waals surface area contributed by atoms with Gasteiger partial charge in [0.15, 0.2) is 0 Å². The number of rotatable bonds is 9. The third kappa shape index (κ3) is 7.81. The third-order valence-corrected chi connectivity index (χ3v) is 19.9. The number of fused-ring (bicyclic) bond motifs is 15. The minimum absolute atomic E-state index is 0.682. The van der Waals surface area contributed by atoms with E-state index in [1.54, 1.807) is 0 Å². The van der Waals surface area contributed by atoms with Gasteiger partial charge in [-0.3, -0.25) is 0 Å². The van der Waals surface area contributed by atoms with E-state index in [1.165, 1.54) is 69.6 Å². The van der Waals surface area contributed by atoms with Crippen molar-refractivity contribution >= 4 is 111 Å². The molecular formula is C79H49ClN2OS2. The first kappa shape index (κ1) is 49.7. The quantitative estimate of drug-likeness (QED) is 0.143. The van der Waals surface area contributed by atoms with Crippen molar-refractivity contribution in [2.45, 2.75) is 15.2 Å². The Kier molecular flexibility index (Phi) is 11.6. The van der Waals surface area contributed by atoms with Crippen LogP contribution in [0.15, 0.2) is 311 Å². The number of hydrogen-bond donors (Lipinski definition) is 0. The van der Waals surface area contributed by atoms with Gasteiger partial charge in [0.2, 0.25) is 0 Å². The van der Waals surface area contributed by atoms with Gasteiger partial charge >= 0.3 is 0 Å². The molecular weight excluding hydrogens is 1090 g/mol. The minimum Gasteiger partial charge on any atom is -0.456 e. The summed E-state index contributed by atoms with van der Waals surface area (Å²) in [6.07, 6.45) is 0. The highest BCUT2D eigenvalue weighted by atomic mass is 35.5. The maximum Gasteiger partial charge on any atom is 0.138 e. The zero-order chi connectivity index (χ0) is 56.2. The standard InChI is InChI=1S/C79H49ClN2OS2/c80-55-39-43-65-74(49-55)85-78-66(32-19-33-68(78)82(57-26-11-4-12-27-57)69-47-54(50-20-5-1-6-21-50)48-71-76(69)60-29-14-17-34-70(60)83-71)79(65)63-31-16-13-28-59(63)62-46-53(38-42-64(62)79)51-36-40-58(41-37-51)81(56-24-9-3-10-25-56)67-44-45-73-77(61-30-15-18-35-72(61)84-73)75(67)52-22-7-2-8-23-52/h1-49H. The van der Waals surface area contributed by atoms with E-state index in [-0.39, 0.29) is 0 Å². The van der Waals surface area contributed by atoms with Crippen molar-refractivity contribution in [3.63, 3.8) is 0 Å². The molecule has 0 bridgehead atoms. The van der Waals surface area contributed by atoms with Crippen LogP contribution < -0.4 is 9.80 Å². The molecule has 3 nitrogen and oxygen atoms in total. The van der Waals surface area contributed by atoms with Gasteiger partial charge in [0, 0.05) is 63.0 Å². The Hall–Kier alpha value is -9.88. The topological polar surface area (TPSA) is 19.6 Å². The smallest absolute Gasteiger partial charge is 0.138 e. The highest BCUT2D eigenvalue weighted by molar-refractivity contribution is 7.99. The molecule has 1 aliphatic carbocycles. The Morgan fingerprint density at radius 1 is 0.341 bits per heavy atom. The second-order valence-corrected chi connectivity index (χ2v) is 24.5. The SMILES string of the molecule is Clc1ccc2c(c1)Sc1c(N(c3ccccc3)c3cc(-c4ccccc4)cc4oc5ccccc5c34)cccc1C21c2ccccc2-c2cc(-c3ccc(N(c4ccccc4)c4ccc5sc6ccccc6c5c4-c4ccccc4)cc3)ccc21. The molecule has 6 heteroatoms. The molecule has 2 aliphatic rings. The zero-order valence-electron chi connectivity index (χ0n) is 45.8. The number of furan rings is 1. The van der Waals surface area contributed by atoms with E-state index in [2.05, 4.69) is 307 Å². The molecule has 0 fully saturated rings. The van der Waals surface area contributed by atoms with Crippen molar-refractivity contribution in [3.05, 3.63) is 325 Å². The Labute approximate surface area is 505 Å². The van der Waals surface area contributed by atoms with Crippen molar-refractivity contribution in [1.29, 1.82) is 0 Å². The molecule has 2 aromatic heterocycles. The number of anilines is 6. The lowest BCUT2D eigenvalue weighted by molar-refractivity contribution is 0.669. The van der Waals surface area contributed by atoms with Crippen LogP contribution in [0.5, 0.6) is 0 Å². The molecule has 0 saturated heterocycles. The first-order chi connectivity index (χ1) is 42.1. The van der Waals surface area contributed by atoms with Crippen LogP contribution in [0.25, 0.3) is 86.6 Å². The van der Waals surface area contributed by atoms with E-state index in [0.29, 0.717) is 5.02 Å². The second-order valence-electron chi connectivity index (χ2n) is 22.0. The van der Waals surface area contributed by atoms with Gasteiger partial charge in [-0.25, -0.2) is 0 Å². The van der Waals surface area contributed by atoms with Crippen LogP contribution in [0.2, 0.25) is 5.02 Å². The summed E-state index contributed by atoms with van der Waals surface area (Å²) in [6, 6.07) is 108. The molecule has 85 heavy (non-hydrogen) atoms. The third-order valence-electron chi connectivity index (χ3n) is 17.4. The summed E-state index contributed by atoms with van der Waals surface area (Å²) in [5.74, 6) is 0. The average molecular weight is 1140 g/mol. The van der Waals surface area contributed by atoms with Gasteiger partial charge in [-0.2, -0.15) is 0 Å². The molecule has 0 amide bonds. The lowest BCUT2D eigenvalue weighted by Crippen LogP contribution is -2.32. The molecule has 1 unspecified atom stereocenters. The first-order valence-electron chi connectivity index (χ1n) is 28.7. The Morgan fingerprint density at radius 2 is 0.953 bits per heavy atom. The maximum atomic E-state index is 7.10. The molecule has 0 radical (unpaired) electrons. The van der Waals surface area contributed by atoms with E-state index in [9.17, 15) is 0 Å². The van der Waals surface area contributed by atoms with E-state index < -0.39 is 5.41 Å². The van der Waals surface area contributed by atoms with Crippen molar-refractivity contribution in [3.8, 4) is 44.5 Å². The average Bonchev–Trinajstić information content (AvgIpc) is 1.92. The molecule has 0 saturated carbocycles. The minimum atomic E-state index is -0.682. The van der Waals surface area contributed by atoms with Crippen LogP contribution in [0, 0.1) is 0 Å². The fourth-order valence-electron chi connectivity index (χ4n) is 13.8. The molecule has 3 heterocycles. The summed E-state index contributed by atoms with van der Waals surface area (Å²) < 4.78 is 9.36. The molecule has 17 rings (SSSR count). The molecule has 400 valence electrons. The van der Waals surface area contributed by atoms with Crippen LogP contribution in [-0.4, -0.2) is 0 Å². The summed E-state index contributed by atoms with van der Waals surface area (Å²) in [5, 5.41) is 5.39. The molecule has 1 spiro atoms. The molecule has 13 aromatic carbocycles. The Balaban J connectivity index is 0.840. The fourth-order valence-corrected chi connectivity index (χ4v) is 16.5. The summed E-state index contributed by atoms with van der Waals surface area (Å²) in [5.41, 5.74) is 21.8. The molecule has 0 N–H and O–H groups in total. The van der Waals surface area contributed by atoms with E-state index in [4.69, 9.17) is 16.0 Å². The monoisotopic (exact) mass is 1140 g/mol. The maximum absolute atomic E-state index is 7.10. The number of benzene rings is 13. The van der Waals surface area contributed by atoms with Crippen LogP contribution in [0.3, 0.4) is 0 Å². The lowest BCUT2D eigenvalue weighted by atomic mass is 9.67. The van der Waals surface area contributed by atoms with Crippen LogP contribution in [0.4, 0.5) is 34.1 Å². The predicted molar refractivity (Wildman–Crippen MR) is 359 cm³/mol. The van der Waals surface area contributed by atoms with Crippen LogP contribution >= 0.6 is 34.7 Å². The predicted octanol–water partition coefficient (Wildman–Crippen LogP) is 23.4. The summed E-state index contributed by atoms with van der Waals surface area (Å²) in [7, 11) is 0. The normalized spacial score (nSPS) is 13.9. The number of nitrogens with zero attached hydrogens (tertiary/aromatic N) is 2. The highest BCUT2D eigenvalue weighted by Gasteiger charge is 2.51. The van der Waals surface area contributed by atoms with Gasteiger partial charge in [-0.05, 0) is 158 Å². The molecule has 15 aromatic rings. The second kappa shape index (κ2) is 19.9. The van der Waals surface area contributed by atoms with E-state index >= 15 is 0 Å². The fraction of sp³-hybridized carbons (Fsp3) is 0.0127. The highest BCUT2D eigenvalue weighted by Crippen LogP contribution is 2.65. The number of para-hydroxylation sites is 3. The number of halogens is 1. The van der Waals surface area contributed by atoms with Gasteiger partial charge in [-0.1, -0.05) is 224 Å². The Morgan fingerprint density at radius 3 is 1.74 bits per heavy atom. The zero-order valence-corrected chi connectivity index (χ0v) is 48.2. The van der Waals surface area contributed by atoms with Gasteiger partial charge < -0.3 is 14.2 Å². The van der Waals surface area contributed by atoms with Crippen LogP contribution in [-0.2, 0) is 5.41 Å². The summed E-state index contributed by atoms with van der Waals surface area (Å²) in [6.45, 7) is 0. The molecule has 1 atom stereocenters. The lowest BCUT2D eigenvalue weighted by Gasteiger charge is -2.41. The van der Waals surface area contributed by atoms with Crippen molar-refractivity contribution in [2.24, 2.45) is 0 Å². The van der Waals surface area contributed by atoms with Crippen molar-refractivity contribution in [2.75, 3.05) is 9.80 Å². The first-order valence-corrected chi connectivity index (χ1v) is 30.7. The molecule has 1 aliphatic heterocycles. The summed E-state index contributed by atoms with van der Waals surface area (Å²) >= 11 is 10.8. The van der Waals surface area contributed by atoms with Gasteiger partial charge in [0.1, 0.15) is 11.2 Å². The van der Waals surface area contributed by atoms with Crippen molar-refractivity contribution in [1.82, 2.24) is 0 Å². The number of hydrogen-bond acceptors (Lipinski definition) is 5. The van der Waals surface area contributed by atoms with Crippen molar-refractivity contribution < 1.29 is 4.42 Å². The number of thiophene rings is 1. The van der Waals surface area contributed by atoms with E-state index in [0.717, 1.165) is 83.2 Å². The summed E-state index contributed by atoms with van der Waals surface area (Å²) in [4.78, 5) is 7.18. The van der Waals surface area contributed by atoms with Gasteiger partial charge in [0.05, 0.1) is 27.9 Å². The largest absolute Gasteiger partial charge is 0.456 e. The van der Waals surface area contributed by atoms with Gasteiger partial charge in [0.25, 0.3) is 0 Å². The Bertz CT molecular complexity index is 5120. The van der Waals surface area contributed by atoms with Crippen LogP contribution in [0.1, 0.15) is 22.3 Å².